The van der Waals surface area contributed by atoms with Crippen LogP contribution >= 0.6 is 7.82 Å². The molecule has 236 valence electrons. The molecule has 0 fully saturated rings. The van der Waals surface area contributed by atoms with Gasteiger partial charge in [-0.25, -0.2) is 9.36 Å². The molecule has 0 bridgehead atoms. The molecule has 0 aliphatic heterocycles. The maximum absolute atomic E-state index is 11.9. The Kier molecular flexibility index (Phi) is 24.0. The number of amides is 1. The van der Waals surface area contributed by atoms with Crippen molar-refractivity contribution in [1.29, 1.82) is 0 Å². The van der Waals surface area contributed by atoms with Gasteiger partial charge < -0.3 is 25.2 Å². The maximum Gasteiger partial charge on any atom is 0.472 e. The maximum atomic E-state index is 11.9. The van der Waals surface area contributed by atoms with Crippen LogP contribution in [0.25, 0.3) is 0 Å². The van der Waals surface area contributed by atoms with Crippen molar-refractivity contribution in [2.24, 2.45) is 0 Å². The molecule has 41 heavy (non-hydrogen) atoms. The topological polar surface area (TPSA) is 169 Å². The second kappa shape index (κ2) is 25.4. The molecule has 0 aliphatic carbocycles. The van der Waals surface area contributed by atoms with Crippen LogP contribution in [0.1, 0.15) is 97.3 Å². The first-order valence-electron chi connectivity index (χ1n) is 14.5. The fraction of sp³-hybridized carbons (Fsp3) is 0.690. The molecule has 0 aromatic carbocycles. The molecule has 0 saturated carbocycles. The van der Waals surface area contributed by atoms with Crippen molar-refractivity contribution < 1.29 is 47.8 Å². The number of aliphatic carboxylic acids is 1. The molecule has 4 N–H and O–H groups in total. The van der Waals surface area contributed by atoms with Gasteiger partial charge in [-0.2, -0.15) is 0 Å². The van der Waals surface area contributed by atoms with Gasteiger partial charge in [0.2, 0.25) is 5.91 Å². The van der Waals surface area contributed by atoms with Crippen LogP contribution < -0.4 is 5.32 Å². The molecule has 0 aromatic heterocycles. The van der Waals surface area contributed by atoms with Crippen molar-refractivity contribution >= 4 is 25.7 Å². The fourth-order valence-corrected chi connectivity index (χ4v) is 4.18. The quantitative estimate of drug-likeness (QED) is 0.0436. The molecule has 1 amide bonds. The number of hydrogen-bond acceptors (Lipinski definition) is 8. The molecule has 3 atom stereocenters. The molecule has 0 saturated heterocycles. The van der Waals surface area contributed by atoms with E-state index in [4.69, 9.17) is 9.84 Å². The van der Waals surface area contributed by atoms with Crippen molar-refractivity contribution in [2.45, 2.75) is 109 Å². The normalized spacial score (nSPS) is 14.8. The summed E-state index contributed by atoms with van der Waals surface area (Å²) < 4.78 is 26.1. The summed E-state index contributed by atoms with van der Waals surface area (Å²) in [5, 5.41) is 21.0. The molecule has 0 rings (SSSR count). The number of carboxylic acids is 1. The average Bonchev–Trinajstić information content (AvgIpc) is 2.94. The molecule has 12 heteroatoms. The molecular formula is C29H50NO10P. The number of carbonyl (C=O) groups is 3. The average molecular weight is 604 g/mol. The lowest BCUT2D eigenvalue weighted by atomic mass is 10.1. The summed E-state index contributed by atoms with van der Waals surface area (Å²) in [6.07, 6.45) is 23.5. The monoisotopic (exact) mass is 603 g/mol. The summed E-state index contributed by atoms with van der Waals surface area (Å²) >= 11 is 0. The van der Waals surface area contributed by atoms with Crippen LogP contribution in [-0.2, 0) is 32.7 Å². The number of aliphatic hydroxyl groups is 1. The van der Waals surface area contributed by atoms with E-state index in [0.717, 1.165) is 51.4 Å². The van der Waals surface area contributed by atoms with Crippen LogP contribution in [0.15, 0.2) is 36.5 Å². The van der Waals surface area contributed by atoms with Gasteiger partial charge in [0.05, 0.1) is 13.2 Å². The number of carbonyl (C=O) groups excluding carboxylic acids is 2. The standard InChI is InChI=1S/C29H50NO10P/c1-3-5-6-7-8-9-10-11-12-13-14-15-16-17-18-19-20-21-28(33)38-22-25(31)23-39-41(36,37)40-24-26(29(34)35)30-27(32)4-2/h5-6,8-9,11-12,25-26,31H,3-4,7,10,13-24H2,1-2H3,(H,30,32)(H,34,35)(H,36,37)/b6-5-,9-8-,12-11-. The van der Waals surface area contributed by atoms with Gasteiger partial charge in [-0.05, 0) is 38.5 Å². The minimum absolute atomic E-state index is 0.0249. The van der Waals surface area contributed by atoms with E-state index < -0.39 is 57.6 Å². The van der Waals surface area contributed by atoms with Gasteiger partial charge in [0, 0.05) is 12.8 Å². The highest BCUT2D eigenvalue weighted by Gasteiger charge is 2.28. The lowest BCUT2D eigenvalue weighted by Gasteiger charge is -2.18. The van der Waals surface area contributed by atoms with Gasteiger partial charge in [-0.15, -0.1) is 0 Å². The van der Waals surface area contributed by atoms with Gasteiger partial charge in [-0.3, -0.25) is 18.6 Å². The SMILES string of the molecule is CC/C=C\C/C=C\C/C=C\CCCCCCCCCC(=O)OCC(O)COP(=O)(O)OCC(NC(=O)CC)C(=O)O. The Labute approximate surface area is 244 Å². The number of phosphoric ester groups is 1. The molecule has 0 aromatic rings. The summed E-state index contributed by atoms with van der Waals surface area (Å²) in [6.45, 7) is 1.73. The van der Waals surface area contributed by atoms with Gasteiger partial charge in [0.1, 0.15) is 12.7 Å². The highest BCUT2D eigenvalue weighted by atomic mass is 31.2. The van der Waals surface area contributed by atoms with Crippen molar-refractivity contribution in [1.82, 2.24) is 5.32 Å². The minimum Gasteiger partial charge on any atom is -0.480 e. The van der Waals surface area contributed by atoms with Crippen molar-refractivity contribution in [3.05, 3.63) is 36.5 Å². The number of allylic oxidation sites excluding steroid dienone is 6. The Balaban J connectivity index is 3.80. The number of nitrogens with one attached hydrogen (secondary N) is 1. The van der Waals surface area contributed by atoms with Crippen molar-refractivity contribution in [3.8, 4) is 0 Å². The Morgan fingerprint density at radius 2 is 1.37 bits per heavy atom. The highest BCUT2D eigenvalue weighted by Crippen LogP contribution is 2.43. The van der Waals surface area contributed by atoms with E-state index in [0.29, 0.717) is 6.42 Å². The molecule has 0 spiro atoms. The molecule has 0 aliphatic rings. The fourth-order valence-electron chi connectivity index (χ4n) is 3.41. The molecule has 3 unspecified atom stereocenters. The number of esters is 1. The first-order valence-corrected chi connectivity index (χ1v) is 16.0. The van der Waals surface area contributed by atoms with Crippen LogP contribution in [0, 0.1) is 0 Å². The number of aliphatic hydroxyl groups excluding tert-OH is 1. The molecule has 0 radical (unpaired) electrons. The number of phosphoric acid groups is 1. The zero-order chi connectivity index (χ0) is 30.8. The Hall–Kier alpha value is -2.30. The number of unbranched alkanes of at least 4 members (excludes halogenated alkanes) is 7. The smallest absolute Gasteiger partial charge is 0.472 e. The largest absolute Gasteiger partial charge is 0.480 e. The van der Waals surface area contributed by atoms with Gasteiger partial charge in [-0.1, -0.05) is 82.4 Å². The van der Waals surface area contributed by atoms with E-state index in [1.165, 1.54) is 19.8 Å². The zero-order valence-electron chi connectivity index (χ0n) is 24.6. The van der Waals surface area contributed by atoms with E-state index in [1.807, 2.05) is 0 Å². The first-order chi connectivity index (χ1) is 19.6. The molecular weight excluding hydrogens is 553 g/mol. The Morgan fingerprint density at radius 3 is 1.98 bits per heavy atom. The summed E-state index contributed by atoms with van der Waals surface area (Å²) in [7, 11) is -4.71. The summed E-state index contributed by atoms with van der Waals surface area (Å²) in [6, 6.07) is -1.54. The predicted octanol–water partition coefficient (Wildman–Crippen LogP) is 5.37. The highest BCUT2D eigenvalue weighted by molar-refractivity contribution is 7.47. The minimum atomic E-state index is -4.71. The third-order valence-electron chi connectivity index (χ3n) is 5.76. The predicted molar refractivity (Wildman–Crippen MR) is 157 cm³/mol. The zero-order valence-corrected chi connectivity index (χ0v) is 25.5. The van der Waals surface area contributed by atoms with E-state index in [-0.39, 0.29) is 12.8 Å². The molecule has 11 nitrogen and oxygen atoms in total. The first kappa shape index (κ1) is 38.7. The van der Waals surface area contributed by atoms with Crippen molar-refractivity contribution in [3.63, 3.8) is 0 Å². The number of rotatable bonds is 26. The second-order valence-electron chi connectivity index (χ2n) is 9.52. The van der Waals surface area contributed by atoms with E-state index in [1.54, 1.807) is 0 Å². The van der Waals surface area contributed by atoms with Crippen molar-refractivity contribution in [2.75, 3.05) is 19.8 Å². The Bertz CT molecular complexity index is 859. The summed E-state index contributed by atoms with van der Waals surface area (Å²) in [5.41, 5.74) is 0. The summed E-state index contributed by atoms with van der Waals surface area (Å²) in [4.78, 5) is 44.0. The molecule has 0 heterocycles. The van der Waals surface area contributed by atoms with E-state index in [2.05, 4.69) is 57.7 Å². The third kappa shape index (κ3) is 25.2. The Morgan fingerprint density at radius 1 is 0.805 bits per heavy atom. The lowest BCUT2D eigenvalue weighted by molar-refractivity contribution is -0.147. The van der Waals surface area contributed by atoms with E-state index >= 15 is 0 Å². The third-order valence-corrected chi connectivity index (χ3v) is 6.71. The number of hydrogen-bond donors (Lipinski definition) is 4. The van der Waals surface area contributed by atoms with Gasteiger partial charge in [0.15, 0.2) is 6.04 Å². The van der Waals surface area contributed by atoms with Gasteiger partial charge >= 0.3 is 19.8 Å². The number of carboxylic acid groups (broad SMARTS) is 1. The number of ether oxygens (including phenoxy) is 1. The van der Waals surface area contributed by atoms with Crippen LogP contribution in [0.2, 0.25) is 0 Å². The van der Waals surface area contributed by atoms with E-state index in [9.17, 15) is 28.9 Å². The van der Waals surface area contributed by atoms with Crippen LogP contribution in [-0.4, -0.2) is 64.9 Å². The lowest BCUT2D eigenvalue weighted by Crippen LogP contribution is -2.43. The second-order valence-corrected chi connectivity index (χ2v) is 11.0. The van der Waals surface area contributed by atoms with Crippen LogP contribution in [0.5, 0.6) is 0 Å². The summed E-state index contributed by atoms with van der Waals surface area (Å²) in [5.74, 6) is -2.51. The van der Waals surface area contributed by atoms with Gasteiger partial charge in [0.25, 0.3) is 0 Å². The van der Waals surface area contributed by atoms with Crippen LogP contribution in [0.4, 0.5) is 0 Å². The van der Waals surface area contributed by atoms with Crippen LogP contribution in [0.3, 0.4) is 0 Å².